The topological polar surface area (TPSA) is 150 Å². The SMILES string of the molecule is Cc1cccc(N2C(=O)/C(=C/c3cc(C)n(-c4ccc(Oc5ccc([N+](=O)[O-])cc5[N+](=O)[O-])cc4)c3C)C(=O)NC2=S)c1C. The van der Waals surface area contributed by atoms with Crippen molar-refractivity contribution in [2.24, 2.45) is 0 Å². The maximum Gasteiger partial charge on any atom is 0.318 e. The molecule has 1 aromatic heterocycles. The summed E-state index contributed by atoms with van der Waals surface area (Å²) >= 11 is 5.36. The zero-order valence-corrected chi connectivity index (χ0v) is 24.8. The van der Waals surface area contributed by atoms with Crippen molar-refractivity contribution in [1.29, 1.82) is 0 Å². The quantitative estimate of drug-likeness (QED) is 0.0859. The fourth-order valence-corrected chi connectivity index (χ4v) is 5.25. The summed E-state index contributed by atoms with van der Waals surface area (Å²) in [5.41, 5.74) is 4.38. The smallest absolute Gasteiger partial charge is 0.318 e. The number of rotatable bonds is 7. The number of nitro benzene ring substituents is 2. The minimum Gasteiger partial charge on any atom is -0.450 e. The summed E-state index contributed by atoms with van der Waals surface area (Å²) in [5, 5.41) is 25.1. The van der Waals surface area contributed by atoms with Gasteiger partial charge in [0.15, 0.2) is 5.11 Å². The van der Waals surface area contributed by atoms with E-state index in [1.165, 1.54) is 11.0 Å². The van der Waals surface area contributed by atoms with Crippen LogP contribution in [0, 0.1) is 47.9 Å². The third kappa shape index (κ3) is 5.43. The summed E-state index contributed by atoms with van der Waals surface area (Å²) in [6.45, 7) is 7.54. The Morgan fingerprint density at radius 3 is 2.27 bits per heavy atom. The van der Waals surface area contributed by atoms with Crippen LogP contribution in [0.15, 0.2) is 72.3 Å². The van der Waals surface area contributed by atoms with Crippen molar-refractivity contribution in [2.45, 2.75) is 27.7 Å². The summed E-state index contributed by atoms with van der Waals surface area (Å²) in [4.78, 5) is 48.9. The van der Waals surface area contributed by atoms with E-state index in [4.69, 9.17) is 17.0 Å². The van der Waals surface area contributed by atoms with Crippen molar-refractivity contribution < 1.29 is 24.2 Å². The first kappa shape index (κ1) is 29.8. The van der Waals surface area contributed by atoms with Crippen LogP contribution in [0.2, 0.25) is 0 Å². The Hall–Kier alpha value is -5.69. The molecule has 0 spiro atoms. The summed E-state index contributed by atoms with van der Waals surface area (Å²) in [7, 11) is 0. The molecule has 0 saturated carbocycles. The lowest BCUT2D eigenvalue weighted by Crippen LogP contribution is -2.54. The van der Waals surface area contributed by atoms with Gasteiger partial charge in [-0.15, -0.1) is 0 Å². The Morgan fingerprint density at radius 1 is 0.909 bits per heavy atom. The fraction of sp³-hybridized carbons (Fsp3) is 0.129. The van der Waals surface area contributed by atoms with Gasteiger partial charge in [0.05, 0.1) is 21.6 Å². The number of nitro groups is 2. The normalized spacial score (nSPS) is 14.1. The second-order valence-corrected chi connectivity index (χ2v) is 10.5. The number of carbonyl (C=O) groups is 2. The largest absolute Gasteiger partial charge is 0.450 e. The molecule has 2 amide bonds. The molecule has 1 aliphatic rings. The molecule has 0 bridgehead atoms. The number of aryl methyl sites for hydroxylation is 2. The van der Waals surface area contributed by atoms with Gasteiger partial charge in [0, 0.05) is 23.1 Å². The van der Waals surface area contributed by atoms with E-state index < -0.39 is 33.0 Å². The second-order valence-electron chi connectivity index (χ2n) is 10.1. The number of anilines is 1. The van der Waals surface area contributed by atoms with Crippen LogP contribution in [0.5, 0.6) is 11.5 Å². The van der Waals surface area contributed by atoms with Gasteiger partial charge in [-0.2, -0.15) is 0 Å². The predicted molar refractivity (Wildman–Crippen MR) is 167 cm³/mol. The van der Waals surface area contributed by atoms with E-state index in [1.807, 2.05) is 50.5 Å². The number of thiocarbonyl (C=S) groups is 1. The summed E-state index contributed by atoms with van der Waals surface area (Å²) < 4.78 is 7.60. The maximum absolute atomic E-state index is 13.6. The van der Waals surface area contributed by atoms with Crippen LogP contribution in [0.3, 0.4) is 0 Å². The van der Waals surface area contributed by atoms with Gasteiger partial charge < -0.3 is 9.30 Å². The number of hydrogen-bond acceptors (Lipinski definition) is 8. The first-order valence-corrected chi connectivity index (χ1v) is 13.7. The third-order valence-corrected chi connectivity index (χ3v) is 7.65. The second kappa shape index (κ2) is 11.5. The van der Waals surface area contributed by atoms with Gasteiger partial charge in [0.1, 0.15) is 11.3 Å². The van der Waals surface area contributed by atoms with E-state index in [9.17, 15) is 29.8 Å². The molecule has 2 heterocycles. The molecule has 1 fully saturated rings. The number of benzene rings is 3. The third-order valence-electron chi connectivity index (χ3n) is 7.36. The van der Waals surface area contributed by atoms with Crippen molar-refractivity contribution in [3.05, 3.63) is 121 Å². The molecule has 0 radical (unpaired) electrons. The van der Waals surface area contributed by atoms with Crippen molar-refractivity contribution in [3.8, 4) is 17.2 Å². The zero-order valence-electron chi connectivity index (χ0n) is 24.0. The summed E-state index contributed by atoms with van der Waals surface area (Å²) in [6.07, 6.45) is 1.54. The van der Waals surface area contributed by atoms with Crippen LogP contribution in [-0.4, -0.2) is 31.3 Å². The van der Waals surface area contributed by atoms with Crippen LogP contribution in [0.25, 0.3) is 11.8 Å². The molecule has 13 heteroatoms. The highest BCUT2D eigenvalue weighted by Gasteiger charge is 2.35. The predicted octanol–water partition coefficient (Wildman–Crippen LogP) is 6.15. The van der Waals surface area contributed by atoms with Gasteiger partial charge in [0.25, 0.3) is 17.5 Å². The highest BCUT2D eigenvalue weighted by Crippen LogP contribution is 2.35. The van der Waals surface area contributed by atoms with Gasteiger partial charge in [0.2, 0.25) is 5.75 Å². The van der Waals surface area contributed by atoms with Crippen LogP contribution in [0.4, 0.5) is 17.1 Å². The van der Waals surface area contributed by atoms with E-state index in [-0.39, 0.29) is 22.2 Å². The minimum atomic E-state index is -0.745. The van der Waals surface area contributed by atoms with Crippen LogP contribution in [0.1, 0.15) is 28.1 Å². The number of hydrogen-bond donors (Lipinski definition) is 1. The summed E-state index contributed by atoms with van der Waals surface area (Å²) in [5.74, 6) is -0.977. The zero-order chi connectivity index (χ0) is 31.9. The lowest BCUT2D eigenvalue weighted by molar-refractivity contribution is -0.394. The Morgan fingerprint density at radius 2 is 1.61 bits per heavy atom. The highest BCUT2D eigenvalue weighted by molar-refractivity contribution is 7.80. The number of nitrogens with one attached hydrogen (secondary N) is 1. The van der Waals surface area contributed by atoms with Crippen LogP contribution in [-0.2, 0) is 9.59 Å². The Kier molecular flexibility index (Phi) is 7.81. The van der Waals surface area contributed by atoms with Gasteiger partial charge >= 0.3 is 5.69 Å². The number of nitrogens with zero attached hydrogens (tertiary/aromatic N) is 4. The van der Waals surface area contributed by atoms with Crippen LogP contribution < -0.4 is 15.0 Å². The van der Waals surface area contributed by atoms with E-state index in [0.717, 1.165) is 40.3 Å². The molecule has 0 aliphatic carbocycles. The average Bonchev–Trinajstić information content (AvgIpc) is 3.25. The van der Waals surface area contributed by atoms with Crippen LogP contribution >= 0.6 is 12.2 Å². The number of non-ortho nitro benzene ring substituents is 1. The molecular weight excluding hydrogens is 586 g/mol. The van der Waals surface area contributed by atoms with E-state index in [0.29, 0.717) is 11.3 Å². The van der Waals surface area contributed by atoms with Gasteiger partial charge in [-0.3, -0.25) is 40.0 Å². The molecule has 1 saturated heterocycles. The monoisotopic (exact) mass is 611 g/mol. The number of amides is 2. The van der Waals surface area contributed by atoms with Gasteiger partial charge in [-0.1, -0.05) is 12.1 Å². The Labute approximate surface area is 256 Å². The molecule has 0 unspecified atom stereocenters. The van der Waals surface area contributed by atoms with Gasteiger partial charge in [-0.25, -0.2) is 0 Å². The minimum absolute atomic E-state index is 0.0117. The first-order valence-electron chi connectivity index (χ1n) is 13.2. The van der Waals surface area contributed by atoms with E-state index >= 15 is 0 Å². The van der Waals surface area contributed by atoms with Crippen molar-refractivity contribution >= 4 is 52.3 Å². The molecule has 1 N–H and O–H groups in total. The molecule has 12 nitrogen and oxygen atoms in total. The lowest BCUT2D eigenvalue weighted by Gasteiger charge is -2.30. The summed E-state index contributed by atoms with van der Waals surface area (Å²) in [6, 6.07) is 17.2. The highest BCUT2D eigenvalue weighted by atomic mass is 32.1. The molecule has 1 aliphatic heterocycles. The standard InChI is InChI=1S/C31H25N5O7S/c1-17-6-5-7-26(19(17)3)34-30(38)25(29(37)32-31(34)44)15-21-14-18(2)33(20(21)4)22-8-11-24(12-9-22)43-28-13-10-23(35(39)40)16-27(28)36(41)42/h5-16H,1-4H3,(H,32,37,44)/b25-15+. The first-order chi connectivity index (χ1) is 20.9. The number of ether oxygens (including phenoxy) is 1. The van der Waals surface area contributed by atoms with Crippen molar-refractivity contribution in [3.63, 3.8) is 0 Å². The van der Waals surface area contributed by atoms with Crippen molar-refractivity contribution in [2.75, 3.05) is 4.90 Å². The van der Waals surface area contributed by atoms with E-state index in [1.54, 1.807) is 36.4 Å². The number of aromatic nitrogens is 1. The van der Waals surface area contributed by atoms with Crippen molar-refractivity contribution in [1.82, 2.24) is 9.88 Å². The van der Waals surface area contributed by atoms with E-state index in [2.05, 4.69) is 5.32 Å². The molecule has 3 aromatic carbocycles. The fourth-order valence-electron chi connectivity index (χ4n) is 4.98. The molecule has 5 rings (SSSR count). The van der Waals surface area contributed by atoms with Gasteiger partial charge in [-0.05, 0) is 105 Å². The molecule has 44 heavy (non-hydrogen) atoms. The Bertz CT molecular complexity index is 1930. The molecule has 4 aromatic rings. The lowest BCUT2D eigenvalue weighted by atomic mass is 10.0. The number of carbonyl (C=O) groups excluding carboxylic acids is 2. The average molecular weight is 612 g/mol. The maximum atomic E-state index is 13.6. The molecule has 222 valence electrons. The Balaban J connectivity index is 1.44. The molecular formula is C31H25N5O7S. The molecule has 0 atom stereocenters.